The highest BCUT2D eigenvalue weighted by molar-refractivity contribution is 7.98. The number of aromatic nitrogens is 3. The van der Waals surface area contributed by atoms with Gasteiger partial charge in [-0.15, -0.1) is 10.2 Å². The van der Waals surface area contributed by atoms with Gasteiger partial charge >= 0.3 is 5.63 Å². The monoisotopic (exact) mass is 421 g/mol. The summed E-state index contributed by atoms with van der Waals surface area (Å²) < 4.78 is 7.41. The average Bonchev–Trinajstić information content (AvgIpc) is 3.10. The van der Waals surface area contributed by atoms with Gasteiger partial charge in [0.25, 0.3) is 0 Å². The number of halogens is 1. The van der Waals surface area contributed by atoms with Crippen LogP contribution in [0.25, 0.3) is 27.5 Å². The SMILES string of the molecule is Cc1cc2oc(=O)cc(CSc3nnc4cc(C)c5ccccc5n34)c2cc1Cl. The molecule has 3 aromatic heterocycles. The van der Waals surface area contributed by atoms with Crippen LogP contribution in [-0.4, -0.2) is 14.6 Å². The van der Waals surface area contributed by atoms with Gasteiger partial charge in [-0.25, -0.2) is 4.79 Å². The molecule has 0 radical (unpaired) electrons. The number of benzene rings is 2. The van der Waals surface area contributed by atoms with Crippen LogP contribution in [0, 0.1) is 13.8 Å². The lowest BCUT2D eigenvalue weighted by molar-refractivity contribution is 0.559. The second kappa shape index (κ2) is 6.90. The van der Waals surface area contributed by atoms with Gasteiger partial charge in [0, 0.05) is 27.6 Å². The highest BCUT2D eigenvalue weighted by Gasteiger charge is 2.14. The summed E-state index contributed by atoms with van der Waals surface area (Å²) in [7, 11) is 0. The van der Waals surface area contributed by atoms with E-state index in [9.17, 15) is 4.79 Å². The van der Waals surface area contributed by atoms with Crippen molar-refractivity contribution in [2.75, 3.05) is 0 Å². The van der Waals surface area contributed by atoms with E-state index >= 15 is 0 Å². The molecule has 0 atom stereocenters. The van der Waals surface area contributed by atoms with E-state index in [1.54, 1.807) is 6.07 Å². The van der Waals surface area contributed by atoms with Crippen molar-refractivity contribution in [1.29, 1.82) is 0 Å². The molecule has 5 nitrogen and oxygen atoms in total. The molecule has 2 aromatic carbocycles. The van der Waals surface area contributed by atoms with Crippen LogP contribution in [0.3, 0.4) is 0 Å². The van der Waals surface area contributed by atoms with E-state index in [2.05, 4.69) is 33.7 Å². The Morgan fingerprint density at radius 1 is 1.03 bits per heavy atom. The number of nitrogens with zero attached hydrogens (tertiary/aromatic N) is 3. The molecule has 0 unspecified atom stereocenters. The smallest absolute Gasteiger partial charge is 0.336 e. The molecule has 0 aliphatic rings. The first-order valence-electron chi connectivity index (χ1n) is 9.10. The first kappa shape index (κ1) is 18.2. The molecular weight excluding hydrogens is 406 g/mol. The number of fused-ring (bicyclic) bond motifs is 4. The van der Waals surface area contributed by atoms with Gasteiger partial charge in [-0.1, -0.05) is 41.6 Å². The van der Waals surface area contributed by atoms with Crippen molar-refractivity contribution in [2.45, 2.75) is 24.8 Å². The summed E-state index contributed by atoms with van der Waals surface area (Å²) in [6.45, 7) is 3.96. The molecule has 7 heteroatoms. The Morgan fingerprint density at radius 3 is 2.72 bits per heavy atom. The Kier molecular flexibility index (Phi) is 4.33. The van der Waals surface area contributed by atoms with Gasteiger partial charge in [-0.3, -0.25) is 4.40 Å². The highest BCUT2D eigenvalue weighted by Crippen LogP contribution is 2.31. The molecule has 0 saturated carbocycles. The maximum Gasteiger partial charge on any atom is 0.336 e. The lowest BCUT2D eigenvalue weighted by Gasteiger charge is -2.09. The summed E-state index contributed by atoms with van der Waals surface area (Å²) in [5.41, 5.74) is 4.93. The van der Waals surface area contributed by atoms with E-state index < -0.39 is 0 Å². The molecule has 5 aromatic rings. The van der Waals surface area contributed by atoms with E-state index in [1.807, 2.05) is 31.2 Å². The van der Waals surface area contributed by atoms with E-state index in [0.29, 0.717) is 16.4 Å². The van der Waals surface area contributed by atoms with Gasteiger partial charge in [0.05, 0.1) is 5.52 Å². The van der Waals surface area contributed by atoms with Crippen LogP contribution in [0.5, 0.6) is 0 Å². The van der Waals surface area contributed by atoms with Gasteiger partial charge in [-0.2, -0.15) is 0 Å². The first-order chi connectivity index (χ1) is 14.0. The number of thioether (sulfide) groups is 1. The summed E-state index contributed by atoms with van der Waals surface area (Å²) in [5.74, 6) is 0.546. The lowest BCUT2D eigenvalue weighted by atomic mass is 10.1. The molecule has 5 rings (SSSR count). The zero-order valence-electron chi connectivity index (χ0n) is 15.8. The zero-order valence-corrected chi connectivity index (χ0v) is 17.3. The van der Waals surface area contributed by atoms with Gasteiger partial charge in [0.15, 0.2) is 10.8 Å². The van der Waals surface area contributed by atoms with E-state index in [4.69, 9.17) is 16.0 Å². The molecule has 0 N–H and O–H groups in total. The Hall–Kier alpha value is -2.83. The van der Waals surface area contributed by atoms with Crippen molar-refractivity contribution >= 4 is 50.9 Å². The van der Waals surface area contributed by atoms with Crippen molar-refractivity contribution in [2.24, 2.45) is 0 Å². The Morgan fingerprint density at radius 2 is 1.86 bits per heavy atom. The Labute approximate surface area is 175 Å². The minimum absolute atomic E-state index is 0.373. The van der Waals surface area contributed by atoms with Crippen molar-refractivity contribution < 1.29 is 4.42 Å². The zero-order chi connectivity index (χ0) is 20.1. The van der Waals surface area contributed by atoms with Crippen LogP contribution in [0.1, 0.15) is 16.7 Å². The van der Waals surface area contributed by atoms with Gasteiger partial charge in [-0.05, 0) is 54.8 Å². The number of para-hydroxylation sites is 1. The number of pyridine rings is 1. The number of aryl methyl sites for hydroxylation is 2. The van der Waals surface area contributed by atoms with Crippen LogP contribution < -0.4 is 5.63 Å². The largest absolute Gasteiger partial charge is 0.423 e. The molecule has 0 fully saturated rings. The molecule has 144 valence electrons. The van der Waals surface area contributed by atoms with Crippen molar-refractivity contribution in [3.05, 3.63) is 80.7 Å². The topological polar surface area (TPSA) is 60.4 Å². The lowest BCUT2D eigenvalue weighted by Crippen LogP contribution is -2.01. The normalized spacial score (nSPS) is 11.7. The first-order valence-corrected chi connectivity index (χ1v) is 10.5. The molecule has 3 heterocycles. The summed E-state index contributed by atoms with van der Waals surface area (Å²) >= 11 is 7.83. The molecule has 0 bridgehead atoms. The van der Waals surface area contributed by atoms with Crippen LogP contribution in [0.2, 0.25) is 5.02 Å². The Bertz CT molecular complexity index is 1470. The fourth-order valence-corrected chi connectivity index (χ4v) is 4.68. The molecule has 0 saturated heterocycles. The van der Waals surface area contributed by atoms with Gasteiger partial charge < -0.3 is 4.42 Å². The molecular formula is C22H16ClN3O2S. The number of hydrogen-bond donors (Lipinski definition) is 0. The van der Waals surface area contributed by atoms with E-state index in [-0.39, 0.29) is 5.63 Å². The summed E-state index contributed by atoms with van der Waals surface area (Å²) in [4.78, 5) is 12.0. The minimum Gasteiger partial charge on any atom is -0.423 e. The second-order valence-corrected chi connectivity index (χ2v) is 8.35. The fraction of sp³-hybridized carbons (Fsp3) is 0.136. The van der Waals surface area contributed by atoms with E-state index in [0.717, 1.165) is 43.8 Å². The third-order valence-electron chi connectivity index (χ3n) is 5.04. The predicted molar refractivity (Wildman–Crippen MR) is 117 cm³/mol. The minimum atomic E-state index is -0.373. The quantitative estimate of drug-likeness (QED) is 0.282. The predicted octanol–water partition coefficient (Wildman–Crippen LogP) is 5.55. The van der Waals surface area contributed by atoms with Crippen LogP contribution in [0.4, 0.5) is 0 Å². The fourth-order valence-electron chi connectivity index (χ4n) is 3.58. The molecule has 0 aliphatic heterocycles. The van der Waals surface area contributed by atoms with Gasteiger partial charge in [0.1, 0.15) is 5.58 Å². The maximum atomic E-state index is 12.0. The van der Waals surface area contributed by atoms with Crippen LogP contribution in [0.15, 0.2) is 62.9 Å². The Balaban J connectivity index is 1.61. The van der Waals surface area contributed by atoms with Crippen molar-refractivity contribution in [1.82, 2.24) is 14.6 Å². The maximum absolute atomic E-state index is 12.0. The van der Waals surface area contributed by atoms with Crippen LogP contribution in [-0.2, 0) is 5.75 Å². The molecule has 0 aliphatic carbocycles. The third kappa shape index (κ3) is 3.09. The van der Waals surface area contributed by atoms with E-state index in [1.165, 1.54) is 17.8 Å². The van der Waals surface area contributed by atoms with Crippen LogP contribution >= 0.6 is 23.4 Å². The standard InChI is InChI=1S/C22H16ClN3O2S/c1-12-8-20-24-25-22(26(20)18-6-4-3-5-15(12)18)29-11-14-9-21(27)28-19-7-13(2)17(23)10-16(14)19/h3-10H,11H2,1-2H3. The summed E-state index contributed by atoms with van der Waals surface area (Å²) in [6, 6.07) is 15.4. The van der Waals surface area contributed by atoms with Crippen molar-refractivity contribution in [3.8, 4) is 0 Å². The highest BCUT2D eigenvalue weighted by atomic mass is 35.5. The average molecular weight is 422 g/mol. The molecule has 0 amide bonds. The molecule has 29 heavy (non-hydrogen) atoms. The summed E-state index contributed by atoms with van der Waals surface area (Å²) in [5, 5.41) is 12.1. The molecule has 0 spiro atoms. The third-order valence-corrected chi connectivity index (χ3v) is 6.42. The van der Waals surface area contributed by atoms with Gasteiger partial charge in [0.2, 0.25) is 0 Å². The summed E-state index contributed by atoms with van der Waals surface area (Å²) in [6.07, 6.45) is 0. The van der Waals surface area contributed by atoms with Crippen molar-refractivity contribution in [3.63, 3.8) is 0 Å². The number of hydrogen-bond acceptors (Lipinski definition) is 5. The number of rotatable bonds is 3. The second-order valence-electron chi connectivity index (χ2n) is 7.00.